The van der Waals surface area contributed by atoms with Gasteiger partial charge in [0.1, 0.15) is 0 Å². The first-order chi connectivity index (χ1) is 20.9. The second kappa shape index (κ2) is 10.6. The van der Waals surface area contributed by atoms with Crippen LogP contribution in [0.15, 0.2) is 133 Å². The summed E-state index contributed by atoms with van der Waals surface area (Å²) in [6.45, 7) is 8.61. The second-order valence-corrected chi connectivity index (χ2v) is 11.8. The molecule has 6 aromatic rings. The number of benzene rings is 6. The van der Waals surface area contributed by atoms with Crippen molar-refractivity contribution < 1.29 is 0 Å². The Kier molecular flexibility index (Phi) is 6.63. The molecule has 2 nitrogen and oxygen atoms in total. The highest BCUT2D eigenvalue weighted by atomic mass is 14.9. The van der Waals surface area contributed by atoms with E-state index in [1.54, 1.807) is 0 Å². The van der Waals surface area contributed by atoms with E-state index in [2.05, 4.69) is 172 Å². The van der Waals surface area contributed by atoms with Gasteiger partial charge in [0.25, 0.3) is 0 Å². The Balaban J connectivity index is 1.33. The Hall–Kier alpha value is -5.08. The van der Waals surface area contributed by atoms with Gasteiger partial charge in [-0.25, -0.2) is 0 Å². The molecule has 0 saturated carbocycles. The molecule has 1 aliphatic carbocycles. The standard InChI is InChI=1S/C41H36N2/c1-27-13-19-35(25-29(27)3)42-33-21-15-31(16-22-33)41(39-11-7-5-9-37(39)38-10-6-8-12-40(38)41)32-17-23-34(24-18-32)43-36-20-14-28(2)30(4)26-36/h5-26,42-43H,1-4H3. The maximum Gasteiger partial charge on any atom is 0.0713 e. The Labute approximate surface area is 255 Å². The van der Waals surface area contributed by atoms with E-state index in [1.165, 1.54) is 55.6 Å². The highest BCUT2D eigenvalue weighted by Crippen LogP contribution is 2.56. The molecule has 0 spiro atoms. The third kappa shape index (κ3) is 4.60. The third-order valence-electron chi connectivity index (χ3n) is 9.18. The number of rotatable bonds is 6. The monoisotopic (exact) mass is 556 g/mol. The molecule has 43 heavy (non-hydrogen) atoms. The lowest BCUT2D eigenvalue weighted by Gasteiger charge is -2.34. The fourth-order valence-corrected chi connectivity index (χ4v) is 6.60. The van der Waals surface area contributed by atoms with E-state index in [4.69, 9.17) is 0 Å². The molecule has 0 fully saturated rings. The van der Waals surface area contributed by atoms with Crippen LogP contribution in [0.5, 0.6) is 0 Å². The van der Waals surface area contributed by atoms with E-state index < -0.39 is 5.41 Å². The van der Waals surface area contributed by atoms with Gasteiger partial charge in [-0.15, -0.1) is 0 Å². The summed E-state index contributed by atoms with van der Waals surface area (Å²) in [6, 6.07) is 48.9. The molecule has 0 aliphatic heterocycles. The first kappa shape index (κ1) is 26.8. The first-order valence-electron chi connectivity index (χ1n) is 15.0. The highest BCUT2D eigenvalue weighted by Gasteiger charge is 2.45. The summed E-state index contributed by atoms with van der Waals surface area (Å²) in [4.78, 5) is 0. The van der Waals surface area contributed by atoms with Crippen molar-refractivity contribution in [3.8, 4) is 11.1 Å². The SMILES string of the molecule is Cc1ccc(Nc2ccc(C3(c4ccc(Nc5ccc(C)c(C)c5)cc4)c4ccccc4-c4ccccc43)cc2)cc1C. The molecule has 210 valence electrons. The van der Waals surface area contributed by atoms with Crippen LogP contribution < -0.4 is 10.6 Å². The maximum absolute atomic E-state index is 3.61. The van der Waals surface area contributed by atoms with E-state index in [0.29, 0.717) is 0 Å². The average molecular weight is 557 g/mol. The van der Waals surface area contributed by atoms with Gasteiger partial charge >= 0.3 is 0 Å². The minimum Gasteiger partial charge on any atom is -0.356 e. The fourth-order valence-electron chi connectivity index (χ4n) is 6.60. The molecule has 6 aromatic carbocycles. The molecule has 0 atom stereocenters. The minimum atomic E-state index is -0.425. The summed E-state index contributed by atoms with van der Waals surface area (Å²) >= 11 is 0. The summed E-state index contributed by atoms with van der Waals surface area (Å²) in [5, 5.41) is 7.22. The van der Waals surface area contributed by atoms with Crippen molar-refractivity contribution in [2.75, 3.05) is 10.6 Å². The molecule has 0 amide bonds. The maximum atomic E-state index is 3.61. The normalized spacial score (nSPS) is 12.8. The molecule has 0 radical (unpaired) electrons. The number of fused-ring (bicyclic) bond motifs is 3. The van der Waals surface area contributed by atoms with E-state index in [0.717, 1.165) is 22.7 Å². The van der Waals surface area contributed by atoms with Crippen molar-refractivity contribution in [3.05, 3.63) is 178 Å². The van der Waals surface area contributed by atoms with Crippen molar-refractivity contribution in [1.82, 2.24) is 0 Å². The van der Waals surface area contributed by atoms with E-state index in [-0.39, 0.29) is 0 Å². The van der Waals surface area contributed by atoms with Gasteiger partial charge in [-0.1, -0.05) is 84.9 Å². The van der Waals surface area contributed by atoms with Gasteiger partial charge in [0, 0.05) is 22.7 Å². The molecule has 7 rings (SSSR count). The summed E-state index contributed by atoms with van der Waals surface area (Å²) in [6.07, 6.45) is 0. The Morgan fingerprint density at radius 1 is 0.372 bits per heavy atom. The van der Waals surface area contributed by atoms with Crippen LogP contribution in [0.4, 0.5) is 22.7 Å². The van der Waals surface area contributed by atoms with Crippen LogP contribution in [0.1, 0.15) is 44.5 Å². The van der Waals surface area contributed by atoms with Crippen molar-refractivity contribution in [3.63, 3.8) is 0 Å². The molecule has 2 N–H and O–H groups in total. The summed E-state index contributed by atoms with van der Waals surface area (Å²) in [7, 11) is 0. The molecule has 2 heteroatoms. The lowest BCUT2D eigenvalue weighted by atomic mass is 9.67. The molecular weight excluding hydrogens is 520 g/mol. The number of nitrogens with one attached hydrogen (secondary N) is 2. The van der Waals surface area contributed by atoms with Gasteiger partial charge in [-0.2, -0.15) is 0 Å². The van der Waals surface area contributed by atoms with Gasteiger partial charge in [0.15, 0.2) is 0 Å². The van der Waals surface area contributed by atoms with E-state index in [1.807, 2.05) is 0 Å². The van der Waals surface area contributed by atoms with Crippen molar-refractivity contribution >= 4 is 22.7 Å². The second-order valence-electron chi connectivity index (χ2n) is 11.8. The largest absolute Gasteiger partial charge is 0.356 e. The smallest absolute Gasteiger partial charge is 0.0713 e. The van der Waals surface area contributed by atoms with Crippen LogP contribution in [-0.4, -0.2) is 0 Å². The van der Waals surface area contributed by atoms with Gasteiger partial charge in [0.2, 0.25) is 0 Å². The lowest BCUT2D eigenvalue weighted by molar-refractivity contribution is 0.769. The number of hydrogen-bond acceptors (Lipinski definition) is 2. The molecule has 1 aliphatic rings. The molecule has 0 unspecified atom stereocenters. The number of aryl methyl sites for hydroxylation is 4. The Morgan fingerprint density at radius 2 is 0.744 bits per heavy atom. The number of hydrogen-bond donors (Lipinski definition) is 2. The van der Waals surface area contributed by atoms with Crippen LogP contribution in [-0.2, 0) is 5.41 Å². The Bertz CT molecular complexity index is 1800. The van der Waals surface area contributed by atoms with Crippen LogP contribution in [0.25, 0.3) is 11.1 Å². The van der Waals surface area contributed by atoms with Gasteiger partial charge in [0.05, 0.1) is 5.41 Å². The zero-order valence-corrected chi connectivity index (χ0v) is 25.2. The highest BCUT2D eigenvalue weighted by molar-refractivity contribution is 5.86. The number of anilines is 4. The summed E-state index contributed by atoms with van der Waals surface area (Å²) in [5.74, 6) is 0. The van der Waals surface area contributed by atoms with Crippen LogP contribution in [0.2, 0.25) is 0 Å². The van der Waals surface area contributed by atoms with Crippen LogP contribution >= 0.6 is 0 Å². The fraction of sp³-hybridized carbons (Fsp3) is 0.122. The van der Waals surface area contributed by atoms with Gasteiger partial charge in [-0.3, -0.25) is 0 Å². The first-order valence-corrected chi connectivity index (χ1v) is 15.0. The zero-order chi connectivity index (χ0) is 29.6. The quantitative estimate of drug-likeness (QED) is 0.213. The van der Waals surface area contributed by atoms with Crippen LogP contribution in [0.3, 0.4) is 0 Å². The molecule has 0 heterocycles. The Morgan fingerprint density at radius 3 is 1.14 bits per heavy atom. The molecule has 0 aromatic heterocycles. The molecule has 0 bridgehead atoms. The predicted molar refractivity (Wildman–Crippen MR) is 182 cm³/mol. The molecule has 0 saturated heterocycles. The third-order valence-corrected chi connectivity index (χ3v) is 9.18. The lowest BCUT2D eigenvalue weighted by Crippen LogP contribution is -2.28. The predicted octanol–water partition coefficient (Wildman–Crippen LogP) is 10.8. The van der Waals surface area contributed by atoms with Gasteiger partial charge < -0.3 is 10.6 Å². The van der Waals surface area contributed by atoms with Crippen LogP contribution in [0, 0.1) is 27.7 Å². The van der Waals surface area contributed by atoms with Gasteiger partial charge in [-0.05, 0) is 132 Å². The van der Waals surface area contributed by atoms with E-state index >= 15 is 0 Å². The van der Waals surface area contributed by atoms with Crippen molar-refractivity contribution in [2.45, 2.75) is 33.1 Å². The summed E-state index contributed by atoms with van der Waals surface area (Å²) in [5.41, 5.74) is 16.9. The molecular formula is C41H36N2. The minimum absolute atomic E-state index is 0.425. The topological polar surface area (TPSA) is 24.1 Å². The zero-order valence-electron chi connectivity index (χ0n) is 25.2. The van der Waals surface area contributed by atoms with Crippen molar-refractivity contribution in [2.24, 2.45) is 0 Å². The van der Waals surface area contributed by atoms with Crippen molar-refractivity contribution in [1.29, 1.82) is 0 Å². The van der Waals surface area contributed by atoms with E-state index in [9.17, 15) is 0 Å². The summed E-state index contributed by atoms with van der Waals surface area (Å²) < 4.78 is 0. The average Bonchev–Trinajstić information content (AvgIpc) is 3.33.